The zero-order valence-corrected chi connectivity index (χ0v) is 18.0. The van der Waals surface area contributed by atoms with Crippen LogP contribution in [0.15, 0.2) is 12.7 Å². The number of carbonyl (C=O) groups excluding carboxylic acids is 1. The van der Waals surface area contributed by atoms with E-state index in [1.54, 1.807) is 22.3 Å². The van der Waals surface area contributed by atoms with Crippen molar-refractivity contribution in [2.75, 3.05) is 26.0 Å². The van der Waals surface area contributed by atoms with Crippen LogP contribution in [0.1, 0.15) is 50.1 Å². The van der Waals surface area contributed by atoms with Crippen molar-refractivity contribution in [2.24, 2.45) is 23.2 Å². The highest BCUT2D eigenvalue weighted by atomic mass is 32.1. The Bertz CT molecular complexity index is 718. The first-order valence-corrected chi connectivity index (χ1v) is 10.8. The molecule has 2 N–H and O–H groups in total. The third-order valence-electron chi connectivity index (χ3n) is 6.95. The van der Waals surface area contributed by atoms with Crippen LogP contribution in [-0.4, -0.2) is 47.6 Å². The summed E-state index contributed by atoms with van der Waals surface area (Å²) >= 11 is 1.74. The van der Waals surface area contributed by atoms with E-state index in [1.807, 2.05) is 21.0 Å². The van der Waals surface area contributed by atoms with Crippen molar-refractivity contribution in [3.63, 3.8) is 0 Å². The maximum atomic E-state index is 12.8. The van der Waals surface area contributed by atoms with E-state index in [9.17, 15) is 9.90 Å². The number of fused-ring (bicyclic) bond motifs is 2. The Morgan fingerprint density at radius 3 is 2.93 bits per heavy atom. The van der Waals surface area contributed by atoms with Gasteiger partial charge in [0.25, 0.3) is 0 Å². The van der Waals surface area contributed by atoms with Gasteiger partial charge in [0.2, 0.25) is 5.91 Å². The first-order valence-electron chi connectivity index (χ1n) is 9.94. The van der Waals surface area contributed by atoms with E-state index in [4.69, 9.17) is 4.98 Å². The number of hydrogen-bond donors (Lipinski definition) is 2. The molecule has 1 aromatic rings. The fourth-order valence-electron chi connectivity index (χ4n) is 5.47. The van der Waals surface area contributed by atoms with E-state index in [0.717, 1.165) is 30.1 Å². The lowest BCUT2D eigenvalue weighted by Gasteiger charge is -2.53. The number of nitrogens with zero attached hydrogens (tertiary/aromatic N) is 2. The highest BCUT2D eigenvalue weighted by Crippen LogP contribution is 2.57. The molecule has 5 nitrogen and oxygen atoms in total. The fourth-order valence-corrected chi connectivity index (χ4v) is 6.69. The Balaban J connectivity index is 1.86. The molecule has 0 aromatic carbocycles. The van der Waals surface area contributed by atoms with Gasteiger partial charge in [-0.25, -0.2) is 4.98 Å². The summed E-state index contributed by atoms with van der Waals surface area (Å²) in [4.78, 5) is 20.6. The molecular formula is C21H33N3O2S. The summed E-state index contributed by atoms with van der Waals surface area (Å²) in [6.07, 6.45) is 4.16. The molecule has 0 saturated heterocycles. The molecule has 3 rings (SSSR count). The first kappa shape index (κ1) is 20.3. The van der Waals surface area contributed by atoms with Crippen LogP contribution in [0.2, 0.25) is 0 Å². The number of rotatable bonds is 5. The van der Waals surface area contributed by atoms with E-state index in [1.165, 1.54) is 4.88 Å². The number of anilines is 1. The third kappa shape index (κ3) is 3.42. The van der Waals surface area contributed by atoms with Gasteiger partial charge >= 0.3 is 0 Å². The van der Waals surface area contributed by atoms with E-state index in [0.29, 0.717) is 6.54 Å². The number of thiazole rings is 1. The molecule has 0 unspecified atom stereocenters. The number of likely N-dealkylation sites (N-methyl/N-ethyl adjacent to an activating group) is 1. The Morgan fingerprint density at radius 1 is 1.59 bits per heavy atom. The third-order valence-corrected chi connectivity index (χ3v) is 8.04. The van der Waals surface area contributed by atoms with Gasteiger partial charge in [0.05, 0.1) is 11.8 Å². The number of aromatic nitrogens is 1. The molecular weight excluding hydrogens is 358 g/mol. The van der Waals surface area contributed by atoms with Gasteiger partial charge in [-0.2, -0.15) is 0 Å². The minimum absolute atomic E-state index is 0.00533. The molecule has 0 aliphatic heterocycles. The highest BCUT2D eigenvalue weighted by molar-refractivity contribution is 7.15. The average molecular weight is 392 g/mol. The molecule has 1 aromatic heterocycles. The molecule has 27 heavy (non-hydrogen) atoms. The second-order valence-electron chi connectivity index (χ2n) is 8.71. The van der Waals surface area contributed by atoms with Gasteiger partial charge in [-0.3, -0.25) is 4.79 Å². The largest absolute Gasteiger partial charge is 0.392 e. The summed E-state index contributed by atoms with van der Waals surface area (Å²) < 4.78 is 0. The number of hydrogen-bond acceptors (Lipinski definition) is 5. The number of aliphatic hydroxyl groups excluding tert-OH is 1. The molecule has 2 aliphatic rings. The predicted octanol–water partition coefficient (Wildman–Crippen LogP) is 3.52. The van der Waals surface area contributed by atoms with Gasteiger partial charge in [-0.1, -0.05) is 26.8 Å². The van der Waals surface area contributed by atoms with Gasteiger partial charge in [-0.05, 0) is 36.5 Å². The standard InChI is InChI=1S/C21H33N3O2S/c1-7-10-24(6)19(26)12(2)14-8-9-21(4)11-15-17(23-20(22-5)27-15)13(3)16(21)18(14)25/h7,12-14,16,18,25H,1,8-11H2,2-6H3,(H,22,23)/t12-,13+,14+,16+,18-,21+/m0/s1. The predicted molar refractivity (Wildman–Crippen MR) is 111 cm³/mol. The average Bonchev–Trinajstić information content (AvgIpc) is 3.03. The second-order valence-corrected chi connectivity index (χ2v) is 9.80. The van der Waals surface area contributed by atoms with Crippen LogP contribution in [0.25, 0.3) is 0 Å². The van der Waals surface area contributed by atoms with Crippen molar-refractivity contribution in [3.8, 4) is 0 Å². The molecule has 6 atom stereocenters. The number of nitrogens with one attached hydrogen (secondary N) is 1. The maximum Gasteiger partial charge on any atom is 0.225 e. The summed E-state index contributed by atoms with van der Waals surface area (Å²) in [6.45, 7) is 10.7. The molecule has 1 amide bonds. The van der Waals surface area contributed by atoms with Gasteiger partial charge in [0.1, 0.15) is 0 Å². The SMILES string of the molecule is C=CCN(C)C(=O)[C@@H](C)[C@H]1CC[C@]2(C)Cc3sc(NC)nc3[C@H](C)[C@@H]2[C@H]1O. The minimum Gasteiger partial charge on any atom is -0.392 e. The van der Waals surface area contributed by atoms with Crippen molar-refractivity contribution in [2.45, 2.75) is 52.1 Å². The van der Waals surface area contributed by atoms with Crippen molar-refractivity contribution in [3.05, 3.63) is 23.2 Å². The van der Waals surface area contributed by atoms with Gasteiger partial charge in [0.15, 0.2) is 5.13 Å². The lowest BCUT2D eigenvalue weighted by Crippen LogP contribution is -2.53. The Kier molecular flexibility index (Phi) is 5.69. The fraction of sp³-hybridized carbons (Fsp3) is 0.714. The lowest BCUT2D eigenvalue weighted by molar-refractivity contribution is -0.143. The molecule has 1 saturated carbocycles. The highest BCUT2D eigenvalue weighted by Gasteiger charge is 2.54. The minimum atomic E-state index is -0.484. The monoisotopic (exact) mass is 391 g/mol. The summed E-state index contributed by atoms with van der Waals surface area (Å²) in [5.41, 5.74) is 1.20. The van der Waals surface area contributed by atoms with E-state index >= 15 is 0 Å². The normalized spacial score (nSPS) is 33.6. The quantitative estimate of drug-likeness (QED) is 0.754. The summed E-state index contributed by atoms with van der Waals surface area (Å²) in [7, 11) is 3.71. The van der Waals surface area contributed by atoms with Crippen LogP contribution in [0.4, 0.5) is 5.13 Å². The molecule has 1 heterocycles. The Hall–Kier alpha value is -1.40. The molecule has 150 valence electrons. The summed E-state index contributed by atoms with van der Waals surface area (Å²) in [6, 6.07) is 0. The second kappa shape index (κ2) is 7.55. The zero-order valence-electron chi connectivity index (χ0n) is 17.2. The molecule has 0 bridgehead atoms. The van der Waals surface area contributed by atoms with Crippen LogP contribution >= 0.6 is 11.3 Å². The van der Waals surface area contributed by atoms with Crippen LogP contribution in [0.5, 0.6) is 0 Å². The van der Waals surface area contributed by atoms with Gasteiger partial charge < -0.3 is 15.3 Å². The Labute approximate surface area is 166 Å². The van der Waals surface area contributed by atoms with Gasteiger partial charge in [0, 0.05) is 37.4 Å². The first-order chi connectivity index (χ1) is 12.7. The lowest BCUT2D eigenvalue weighted by atomic mass is 9.53. The van der Waals surface area contributed by atoms with Crippen molar-refractivity contribution < 1.29 is 9.90 Å². The van der Waals surface area contributed by atoms with E-state index in [2.05, 4.69) is 25.7 Å². The number of aliphatic hydroxyl groups is 1. The van der Waals surface area contributed by atoms with E-state index < -0.39 is 6.10 Å². The topological polar surface area (TPSA) is 65.5 Å². The van der Waals surface area contributed by atoms with Crippen LogP contribution in [0.3, 0.4) is 0 Å². The maximum absolute atomic E-state index is 12.8. The van der Waals surface area contributed by atoms with Gasteiger partial charge in [-0.15, -0.1) is 17.9 Å². The van der Waals surface area contributed by atoms with Crippen LogP contribution in [0, 0.1) is 23.2 Å². The van der Waals surface area contributed by atoms with Crippen LogP contribution < -0.4 is 5.32 Å². The van der Waals surface area contributed by atoms with Crippen molar-refractivity contribution in [1.29, 1.82) is 0 Å². The Morgan fingerprint density at radius 2 is 2.30 bits per heavy atom. The smallest absolute Gasteiger partial charge is 0.225 e. The molecule has 6 heteroatoms. The number of carbonyl (C=O) groups is 1. The van der Waals surface area contributed by atoms with Crippen molar-refractivity contribution in [1.82, 2.24) is 9.88 Å². The number of amides is 1. The van der Waals surface area contributed by atoms with Crippen LogP contribution in [-0.2, 0) is 11.2 Å². The van der Waals surface area contributed by atoms with E-state index in [-0.39, 0.29) is 35.0 Å². The van der Waals surface area contributed by atoms with Crippen molar-refractivity contribution >= 4 is 22.4 Å². The molecule has 0 radical (unpaired) electrons. The molecule has 1 fully saturated rings. The summed E-state index contributed by atoms with van der Waals surface area (Å²) in [5, 5.41) is 15.5. The zero-order chi connectivity index (χ0) is 19.9. The molecule has 0 spiro atoms. The summed E-state index contributed by atoms with van der Waals surface area (Å²) in [5.74, 6) is 0.233. The molecule has 2 aliphatic carbocycles.